The Kier molecular flexibility index (Phi) is 3.95. The molecule has 1 rings (SSSR count). The van der Waals surface area contributed by atoms with E-state index >= 15 is 0 Å². The summed E-state index contributed by atoms with van der Waals surface area (Å²) in [6, 6.07) is 7.23. The number of aliphatic hydroxyl groups excluding tert-OH is 1. The van der Waals surface area contributed by atoms with Crippen LogP contribution in [0.25, 0.3) is 0 Å². The lowest BCUT2D eigenvalue weighted by molar-refractivity contribution is 0.227. The third-order valence-electron chi connectivity index (χ3n) is 1.99. The van der Waals surface area contributed by atoms with Gasteiger partial charge < -0.3 is 5.11 Å². The lowest BCUT2D eigenvalue weighted by Gasteiger charge is -2.13. The molecule has 0 saturated heterocycles. The normalized spacial score (nSPS) is 14.5. The molecule has 1 aromatic rings. The number of rotatable bonds is 2. The summed E-state index contributed by atoms with van der Waals surface area (Å²) in [5.74, 6) is 0. The highest BCUT2D eigenvalue weighted by molar-refractivity contribution is 6.30. The van der Waals surface area contributed by atoms with Gasteiger partial charge in [-0.15, -0.1) is 0 Å². The van der Waals surface area contributed by atoms with Crippen LogP contribution in [0.4, 0.5) is 0 Å². The van der Waals surface area contributed by atoms with Crippen LogP contribution in [-0.4, -0.2) is 5.11 Å². The second-order valence-electron chi connectivity index (χ2n) is 4.72. The molecule has 1 aromatic carbocycles. The molecule has 1 atom stereocenters. The largest absolute Gasteiger partial charge is 0.384 e. The van der Waals surface area contributed by atoms with Gasteiger partial charge in [-0.2, -0.15) is 0 Å². The monoisotopic (exact) mass is 224 g/mol. The fourth-order valence-electron chi connectivity index (χ4n) is 1.15. The van der Waals surface area contributed by atoms with Gasteiger partial charge in [0.15, 0.2) is 0 Å². The third-order valence-corrected chi connectivity index (χ3v) is 2.24. The Morgan fingerprint density at radius 1 is 1.20 bits per heavy atom. The first-order valence-electron chi connectivity index (χ1n) is 5.01. The SMILES string of the molecule is CC(C)(C)/C=C/[C@@H](O)c1ccc(Cl)cc1. The second kappa shape index (κ2) is 4.82. The minimum Gasteiger partial charge on any atom is -0.384 e. The van der Waals surface area contributed by atoms with Crippen LogP contribution in [0.3, 0.4) is 0 Å². The third kappa shape index (κ3) is 4.50. The van der Waals surface area contributed by atoms with E-state index in [9.17, 15) is 5.11 Å². The summed E-state index contributed by atoms with van der Waals surface area (Å²) in [5.41, 5.74) is 0.952. The fourth-order valence-corrected chi connectivity index (χ4v) is 1.28. The van der Waals surface area contributed by atoms with Gasteiger partial charge in [-0.25, -0.2) is 0 Å². The summed E-state index contributed by atoms with van der Waals surface area (Å²) in [5, 5.41) is 10.5. The summed E-state index contributed by atoms with van der Waals surface area (Å²) in [6.45, 7) is 6.29. The van der Waals surface area contributed by atoms with E-state index < -0.39 is 6.10 Å². The van der Waals surface area contributed by atoms with Crippen molar-refractivity contribution in [2.75, 3.05) is 0 Å². The highest BCUT2D eigenvalue weighted by Crippen LogP contribution is 2.21. The molecule has 0 unspecified atom stereocenters. The number of hydrogen-bond acceptors (Lipinski definition) is 1. The fraction of sp³-hybridized carbons (Fsp3) is 0.385. The molecule has 0 spiro atoms. The molecule has 0 aliphatic carbocycles. The Morgan fingerprint density at radius 2 is 1.73 bits per heavy atom. The molecular weight excluding hydrogens is 208 g/mol. The number of hydrogen-bond donors (Lipinski definition) is 1. The zero-order valence-corrected chi connectivity index (χ0v) is 10.1. The van der Waals surface area contributed by atoms with E-state index in [2.05, 4.69) is 20.8 Å². The predicted octanol–water partition coefficient (Wildman–Crippen LogP) is 3.98. The van der Waals surface area contributed by atoms with Crippen LogP contribution in [0.5, 0.6) is 0 Å². The summed E-state index contributed by atoms with van der Waals surface area (Å²) in [4.78, 5) is 0. The smallest absolute Gasteiger partial charge is 0.0972 e. The maximum atomic E-state index is 9.84. The Bertz CT molecular complexity index is 333. The van der Waals surface area contributed by atoms with Crippen molar-refractivity contribution in [2.24, 2.45) is 5.41 Å². The predicted molar refractivity (Wildman–Crippen MR) is 65.0 cm³/mol. The minimum absolute atomic E-state index is 0.0907. The average molecular weight is 225 g/mol. The van der Waals surface area contributed by atoms with Crippen molar-refractivity contribution in [3.05, 3.63) is 47.0 Å². The van der Waals surface area contributed by atoms with Crippen molar-refractivity contribution >= 4 is 11.6 Å². The standard InChI is InChI=1S/C13H17ClO/c1-13(2,3)9-8-12(15)10-4-6-11(14)7-5-10/h4-9,12,15H,1-3H3/b9-8+/t12-/m1/s1. The zero-order valence-electron chi connectivity index (χ0n) is 9.37. The van der Waals surface area contributed by atoms with Crippen LogP contribution >= 0.6 is 11.6 Å². The molecule has 0 amide bonds. The van der Waals surface area contributed by atoms with Gasteiger partial charge in [0.1, 0.15) is 0 Å². The molecule has 0 radical (unpaired) electrons. The van der Waals surface area contributed by atoms with Crippen molar-refractivity contribution in [1.82, 2.24) is 0 Å². The van der Waals surface area contributed by atoms with Gasteiger partial charge in [-0.05, 0) is 23.1 Å². The van der Waals surface area contributed by atoms with Gasteiger partial charge in [-0.1, -0.05) is 56.7 Å². The Morgan fingerprint density at radius 3 is 2.20 bits per heavy atom. The molecule has 2 heteroatoms. The molecular formula is C13H17ClO. The van der Waals surface area contributed by atoms with Crippen molar-refractivity contribution in [1.29, 1.82) is 0 Å². The van der Waals surface area contributed by atoms with Crippen LogP contribution in [-0.2, 0) is 0 Å². The molecule has 0 aromatic heterocycles. The summed E-state index contributed by atoms with van der Waals surface area (Å²) in [7, 11) is 0. The molecule has 15 heavy (non-hydrogen) atoms. The number of allylic oxidation sites excluding steroid dienone is 1. The van der Waals surface area contributed by atoms with Gasteiger partial charge in [0.2, 0.25) is 0 Å². The van der Waals surface area contributed by atoms with Crippen molar-refractivity contribution in [3.63, 3.8) is 0 Å². The first kappa shape index (κ1) is 12.3. The first-order chi connectivity index (χ1) is 6.88. The maximum Gasteiger partial charge on any atom is 0.0972 e. The molecule has 0 aliphatic heterocycles. The van der Waals surface area contributed by atoms with Gasteiger partial charge in [-0.3, -0.25) is 0 Å². The highest BCUT2D eigenvalue weighted by Gasteiger charge is 2.07. The van der Waals surface area contributed by atoms with E-state index in [4.69, 9.17) is 11.6 Å². The maximum absolute atomic E-state index is 9.84. The molecule has 0 bridgehead atoms. The van der Waals surface area contributed by atoms with Crippen LogP contribution in [0.15, 0.2) is 36.4 Å². The molecule has 0 aliphatic rings. The lowest BCUT2D eigenvalue weighted by Crippen LogP contribution is -2.01. The van der Waals surface area contributed by atoms with Crippen molar-refractivity contribution in [2.45, 2.75) is 26.9 Å². The van der Waals surface area contributed by atoms with E-state index in [1.165, 1.54) is 0 Å². The van der Waals surface area contributed by atoms with E-state index in [0.717, 1.165) is 5.56 Å². The van der Waals surface area contributed by atoms with Crippen LogP contribution in [0.2, 0.25) is 5.02 Å². The van der Waals surface area contributed by atoms with E-state index in [0.29, 0.717) is 5.02 Å². The quantitative estimate of drug-likeness (QED) is 0.754. The Balaban J connectivity index is 2.73. The van der Waals surface area contributed by atoms with E-state index in [1.807, 2.05) is 24.3 Å². The Hall–Kier alpha value is -0.790. The molecule has 0 fully saturated rings. The summed E-state index contributed by atoms with van der Waals surface area (Å²) < 4.78 is 0. The number of halogens is 1. The van der Waals surface area contributed by atoms with Gasteiger partial charge >= 0.3 is 0 Å². The molecule has 1 nitrogen and oxygen atoms in total. The zero-order chi connectivity index (χ0) is 11.5. The van der Waals surface area contributed by atoms with Gasteiger partial charge in [0.05, 0.1) is 6.10 Å². The Labute approximate surface area is 96.4 Å². The molecule has 0 heterocycles. The number of aliphatic hydroxyl groups is 1. The average Bonchev–Trinajstić information content (AvgIpc) is 2.14. The van der Waals surface area contributed by atoms with E-state index in [1.54, 1.807) is 12.1 Å². The number of benzene rings is 1. The lowest BCUT2D eigenvalue weighted by atomic mass is 9.95. The second-order valence-corrected chi connectivity index (χ2v) is 5.16. The highest BCUT2D eigenvalue weighted by atomic mass is 35.5. The van der Waals surface area contributed by atoms with E-state index in [-0.39, 0.29) is 5.41 Å². The summed E-state index contributed by atoms with van der Waals surface area (Å²) in [6.07, 6.45) is 3.26. The van der Waals surface area contributed by atoms with Gasteiger partial charge in [0, 0.05) is 5.02 Å². The van der Waals surface area contributed by atoms with Crippen molar-refractivity contribution < 1.29 is 5.11 Å². The first-order valence-corrected chi connectivity index (χ1v) is 5.39. The van der Waals surface area contributed by atoms with Crippen LogP contribution < -0.4 is 0 Å². The van der Waals surface area contributed by atoms with Crippen molar-refractivity contribution in [3.8, 4) is 0 Å². The van der Waals surface area contributed by atoms with Crippen LogP contribution in [0.1, 0.15) is 32.4 Å². The molecule has 1 N–H and O–H groups in total. The summed E-state index contributed by atoms with van der Waals surface area (Å²) >= 11 is 5.77. The molecule has 82 valence electrons. The van der Waals surface area contributed by atoms with Crippen LogP contribution in [0, 0.1) is 5.41 Å². The minimum atomic E-state index is -0.554. The van der Waals surface area contributed by atoms with Gasteiger partial charge in [0.25, 0.3) is 0 Å². The topological polar surface area (TPSA) is 20.2 Å². The molecule has 0 saturated carbocycles.